The van der Waals surface area contributed by atoms with Crippen molar-refractivity contribution in [2.45, 2.75) is 64.2 Å². The summed E-state index contributed by atoms with van der Waals surface area (Å²) in [6, 6.07) is 0. The van der Waals surface area contributed by atoms with Crippen LogP contribution in [0.5, 0.6) is 0 Å². The molecule has 1 heterocycles. The number of rotatable bonds is 6. The molecule has 0 aromatic rings. The van der Waals surface area contributed by atoms with Gasteiger partial charge in [0, 0.05) is 104 Å². The second kappa shape index (κ2) is 12.0. The van der Waals surface area contributed by atoms with E-state index in [1.807, 2.05) is 24.8 Å². The summed E-state index contributed by atoms with van der Waals surface area (Å²) in [7, 11) is 0. The van der Waals surface area contributed by atoms with Crippen LogP contribution in [0.3, 0.4) is 0 Å². The molecule has 2 saturated carbocycles. The van der Waals surface area contributed by atoms with E-state index in [4.69, 9.17) is 4.74 Å². The number of aliphatic hydroxyl groups excluding tert-OH is 2. The van der Waals surface area contributed by atoms with E-state index in [9.17, 15) is 15.0 Å². The minimum Gasteiger partial charge on any atom is -0.458 e. The summed E-state index contributed by atoms with van der Waals surface area (Å²) < 4.78 is 5.17. The molecule has 2 N–H and O–H groups in total. The first-order valence-corrected chi connectivity index (χ1v) is 11.3. The van der Waals surface area contributed by atoms with Gasteiger partial charge in [-0.3, -0.25) is 0 Å². The van der Waals surface area contributed by atoms with Crippen LogP contribution in [0.25, 0.3) is 0 Å². The van der Waals surface area contributed by atoms with Gasteiger partial charge >= 0.3 is 5.97 Å². The number of ether oxygens (including phenoxy) is 1. The third kappa shape index (κ3) is 5.61. The first-order valence-electron chi connectivity index (χ1n) is 10.2. The Kier molecular flexibility index (Phi) is 12.1. The van der Waals surface area contributed by atoms with E-state index in [1.165, 1.54) is 5.57 Å². The minimum atomic E-state index is -0.467. The van der Waals surface area contributed by atoms with E-state index >= 15 is 0 Å². The van der Waals surface area contributed by atoms with Gasteiger partial charge in [-0.05, 0) is 61.2 Å². The Bertz CT molecular complexity index is 640. The molecule has 158 valence electrons. The Hall–Kier alpha value is 2.10. The molecular formula is C22H34Ac2O4S. The van der Waals surface area contributed by atoms with Crippen LogP contribution < -0.4 is 0 Å². The van der Waals surface area contributed by atoms with Crippen LogP contribution in [-0.2, 0) is 9.53 Å². The van der Waals surface area contributed by atoms with E-state index in [0.717, 1.165) is 37.0 Å². The summed E-state index contributed by atoms with van der Waals surface area (Å²) in [5.74, 6) is 1.31. The number of esters is 1. The molecule has 1 aliphatic heterocycles. The van der Waals surface area contributed by atoms with Crippen molar-refractivity contribution in [2.75, 3.05) is 19.0 Å². The third-order valence-electron chi connectivity index (χ3n) is 7.61. The molecule has 3 unspecified atom stereocenters. The van der Waals surface area contributed by atoms with Crippen LogP contribution in [0.15, 0.2) is 23.8 Å². The van der Waals surface area contributed by atoms with Gasteiger partial charge in [0.1, 0.15) is 6.61 Å². The Balaban J connectivity index is 0.00000210. The molecule has 7 heteroatoms. The average Bonchev–Trinajstić information content (AvgIpc) is 3.06. The van der Waals surface area contributed by atoms with Crippen molar-refractivity contribution in [3.05, 3.63) is 23.8 Å². The van der Waals surface area contributed by atoms with Gasteiger partial charge in [-0.1, -0.05) is 32.9 Å². The maximum atomic E-state index is 12.2. The fraction of sp³-hybridized carbons (Fsp3) is 0.773. The predicted octanol–water partition coefficient (Wildman–Crippen LogP) is 3.72. The molecule has 3 rings (SSSR count). The molecule has 0 aromatic carbocycles. The molecule has 0 spiro atoms. The molecule has 3 aliphatic rings. The number of cyclic esters (lactones) is 1. The van der Waals surface area contributed by atoms with Crippen LogP contribution in [0.1, 0.15) is 52.9 Å². The quantitative estimate of drug-likeness (QED) is 0.316. The minimum absolute atomic E-state index is 0. The zero-order valence-electron chi connectivity index (χ0n) is 18.0. The molecule has 29 heavy (non-hydrogen) atoms. The molecule has 0 saturated heterocycles. The Morgan fingerprint density at radius 3 is 2.59 bits per heavy atom. The van der Waals surface area contributed by atoms with Crippen LogP contribution in [0.4, 0.5) is 0 Å². The number of allylic oxidation sites excluding steroid dienone is 1. The number of hydrogen-bond acceptors (Lipinski definition) is 5. The van der Waals surface area contributed by atoms with Gasteiger partial charge < -0.3 is 14.9 Å². The Morgan fingerprint density at radius 1 is 1.34 bits per heavy atom. The molecule has 6 atom stereocenters. The number of fused-ring (bicyclic) bond motifs is 1. The monoisotopic (exact) mass is 848 g/mol. The number of carbonyl (C=O) groups excluding carboxylic acids is 1. The summed E-state index contributed by atoms with van der Waals surface area (Å²) >= 11 is 1.81. The van der Waals surface area contributed by atoms with Crippen LogP contribution in [0, 0.1) is 111 Å². The van der Waals surface area contributed by atoms with Gasteiger partial charge in [-0.15, -0.1) is 0 Å². The number of hydrogen-bond donors (Lipinski definition) is 2. The van der Waals surface area contributed by atoms with Gasteiger partial charge in [-0.2, -0.15) is 11.8 Å². The molecular weight excluding hydrogens is 814 g/mol. The van der Waals surface area contributed by atoms with Crippen molar-refractivity contribution < 1.29 is 108 Å². The molecule has 0 amide bonds. The largest absolute Gasteiger partial charge is 0.458 e. The Morgan fingerprint density at radius 2 is 2.03 bits per heavy atom. The fourth-order valence-electron chi connectivity index (χ4n) is 5.97. The standard InChI is InChI=1S/C22H34O4S.2Ac/c1-5-27-17(15-9-11-26-20(15)25)12-16-14(2)6-7-18-21(16,3)10-8-19(24)22(18,4)13-23;;/h9,16-19,23-24H,2,5-8,10-13H2,1,3-4H3;;/t16-,17?,18?,19?,21+,22-;;/m0../s1. The summed E-state index contributed by atoms with van der Waals surface area (Å²) in [5, 5.41) is 20.9. The molecule has 0 aromatic heterocycles. The zero-order chi connectivity index (χ0) is 19.8. The molecule has 2 fully saturated rings. The summed E-state index contributed by atoms with van der Waals surface area (Å²) in [4.78, 5) is 12.2. The fourth-order valence-corrected chi connectivity index (χ4v) is 7.08. The smallest absolute Gasteiger partial charge is 0.335 e. The van der Waals surface area contributed by atoms with Crippen molar-refractivity contribution in [2.24, 2.45) is 22.7 Å². The first-order chi connectivity index (χ1) is 12.8. The number of aliphatic hydroxyl groups is 2. The van der Waals surface area contributed by atoms with E-state index in [0.29, 0.717) is 13.0 Å². The first kappa shape index (κ1) is 29.1. The van der Waals surface area contributed by atoms with Crippen molar-refractivity contribution >= 4 is 17.7 Å². The van der Waals surface area contributed by atoms with Crippen molar-refractivity contribution in [1.29, 1.82) is 0 Å². The van der Waals surface area contributed by atoms with Gasteiger partial charge in [0.05, 0.1) is 12.7 Å². The van der Waals surface area contributed by atoms with Crippen LogP contribution >= 0.6 is 11.8 Å². The molecule has 4 nitrogen and oxygen atoms in total. The topological polar surface area (TPSA) is 66.8 Å². The van der Waals surface area contributed by atoms with E-state index in [-0.39, 0.29) is 123 Å². The van der Waals surface area contributed by atoms with Crippen molar-refractivity contribution in [1.82, 2.24) is 0 Å². The number of thioether (sulfide) groups is 1. The van der Waals surface area contributed by atoms with Gasteiger partial charge in [-0.25, -0.2) is 4.79 Å². The van der Waals surface area contributed by atoms with E-state index in [2.05, 4.69) is 20.4 Å². The maximum absolute atomic E-state index is 12.2. The van der Waals surface area contributed by atoms with Crippen molar-refractivity contribution in [3.63, 3.8) is 0 Å². The van der Waals surface area contributed by atoms with E-state index < -0.39 is 11.5 Å². The predicted molar refractivity (Wildman–Crippen MR) is 109 cm³/mol. The van der Waals surface area contributed by atoms with Gasteiger partial charge in [0.25, 0.3) is 0 Å². The summed E-state index contributed by atoms with van der Waals surface area (Å²) in [5.41, 5.74) is 1.59. The van der Waals surface area contributed by atoms with Crippen molar-refractivity contribution in [3.8, 4) is 0 Å². The summed E-state index contributed by atoms with van der Waals surface area (Å²) in [6.07, 6.45) is 5.90. The van der Waals surface area contributed by atoms with Crippen LogP contribution in [0.2, 0.25) is 0 Å². The molecule has 0 bridgehead atoms. The van der Waals surface area contributed by atoms with Gasteiger partial charge in [0.15, 0.2) is 0 Å². The van der Waals surface area contributed by atoms with Crippen LogP contribution in [-0.4, -0.2) is 46.5 Å². The molecule has 2 aliphatic carbocycles. The normalized spacial score (nSPS) is 37.6. The van der Waals surface area contributed by atoms with E-state index in [1.54, 1.807) is 0 Å². The average molecular weight is 849 g/mol. The maximum Gasteiger partial charge on any atom is 0.335 e. The second-order valence-corrected chi connectivity index (χ2v) is 10.4. The third-order valence-corrected chi connectivity index (χ3v) is 8.79. The summed E-state index contributed by atoms with van der Waals surface area (Å²) in [6.45, 7) is 11.3. The second-order valence-electron chi connectivity index (χ2n) is 8.96. The number of carbonyl (C=O) groups is 1. The Labute approximate surface area is 251 Å². The molecule has 2 radical (unpaired) electrons. The zero-order valence-corrected chi connectivity index (χ0v) is 28.3. The SMILES string of the molecule is C=C1CCC2[C@](C)(CO)C(O)CC[C@]2(C)[C@H]1CC(SCC)C1=CCOC1=O.[Ac].[Ac]. The van der Waals surface area contributed by atoms with Gasteiger partial charge in [0.2, 0.25) is 0 Å².